The summed E-state index contributed by atoms with van der Waals surface area (Å²) in [6.07, 6.45) is 1.24. The van der Waals surface area contributed by atoms with Crippen LogP contribution < -0.4 is 5.32 Å². The van der Waals surface area contributed by atoms with Crippen LogP contribution in [0.3, 0.4) is 0 Å². The molecule has 0 bridgehead atoms. The van der Waals surface area contributed by atoms with Gasteiger partial charge in [0.2, 0.25) is 0 Å². The van der Waals surface area contributed by atoms with Crippen molar-refractivity contribution in [1.29, 1.82) is 0 Å². The molecule has 1 heteroatoms. The minimum Gasteiger partial charge on any atom is -0.312 e. The Morgan fingerprint density at radius 3 is 3.08 bits per heavy atom. The molecule has 0 aromatic heterocycles. The van der Waals surface area contributed by atoms with Gasteiger partial charge in [-0.05, 0) is 36.0 Å². The van der Waals surface area contributed by atoms with Crippen molar-refractivity contribution in [3.05, 3.63) is 34.9 Å². The van der Waals surface area contributed by atoms with Crippen LogP contribution in [-0.4, -0.2) is 6.54 Å². The average molecular weight is 175 g/mol. The maximum absolute atomic E-state index is 3.47. The van der Waals surface area contributed by atoms with Gasteiger partial charge in [0.15, 0.2) is 0 Å². The van der Waals surface area contributed by atoms with Gasteiger partial charge in [-0.15, -0.1) is 0 Å². The van der Waals surface area contributed by atoms with E-state index in [0.717, 1.165) is 19.0 Å². The van der Waals surface area contributed by atoms with Crippen LogP contribution in [0.4, 0.5) is 0 Å². The molecule has 1 unspecified atom stereocenters. The zero-order valence-corrected chi connectivity index (χ0v) is 8.43. The molecule has 0 saturated carbocycles. The minimum atomic E-state index is 0.727. The predicted octanol–water partition coefficient (Wildman–Crippen LogP) is 2.59. The van der Waals surface area contributed by atoms with Gasteiger partial charge in [0.1, 0.15) is 0 Å². The van der Waals surface area contributed by atoms with Crippen molar-refractivity contribution < 1.29 is 0 Å². The fraction of sp³-hybridized carbons (Fsp3) is 0.500. The van der Waals surface area contributed by atoms with Crippen LogP contribution in [0, 0.1) is 6.92 Å². The molecule has 1 aliphatic rings. The van der Waals surface area contributed by atoms with E-state index in [4.69, 9.17) is 0 Å². The molecule has 1 nitrogen and oxygen atoms in total. The second-order valence-electron chi connectivity index (χ2n) is 3.88. The first-order chi connectivity index (χ1) is 6.33. The molecule has 13 heavy (non-hydrogen) atoms. The summed E-state index contributed by atoms with van der Waals surface area (Å²) in [4.78, 5) is 0. The standard InChI is InChI=1S/C12H17N/c1-3-10-7-13-8-11-6-4-5-9(2)12(10)11/h4-6,10,13H,3,7-8H2,1-2H3. The van der Waals surface area contributed by atoms with Gasteiger partial charge >= 0.3 is 0 Å². The number of hydrogen-bond acceptors (Lipinski definition) is 1. The molecule has 1 atom stereocenters. The Bertz CT molecular complexity index is 304. The largest absolute Gasteiger partial charge is 0.312 e. The molecule has 70 valence electrons. The highest BCUT2D eigenvalue weighted by Crippen LogP contribution is 2.28. The Morgan fingerprint density at radius 2 is 2.31 bits per heavy atom. The second kappa shape index (κ2) is 3.51. The summed E-state index contributed by atoms with van der Waals surface area (Å²) in [7, 11) is 0. The Hall–Kier alpha value is -0.820. The predicted molar refractivity (Wildman–Crippen MR) is 55.9 cm³/mol. The van der Waals surface area contributed by atoms with E-state index in [0.29, 0.717) is 0 Å². The summed E-state index contributed by atoms with van der Waals surface area (Å²) >= 11 is 0. The van der Waals surface area contributed by atoms with Crippen molar-refractivity contribution in [2.24, 2.45) is 0 Å². The van der Waals surface area contributed by atoms with Crippen LogP contribution in [0.25, 0.3) is 0 Å². The van der Waals surface area contributed by atoms with Crippen molar-refractivity contribution >= 4 is 0 Å². The SMILES string of the molecule is CCC1CNCc2cccc(C)c21. The van der Waals surface area contributed by atoms with Gasteiger partial charge in [-0.1, -0.05) is 25.1 Å². The first-order valence-electron chi connectivity index (χ1n) is 5.12. The minimum absolute atomic E-state index is 0.727. The second-order valence-corrected chi connectivity index (χ2v) is 3.88. The number of aryl methyl sites for hydroxylation is 1. The molecular formula is C12H17N. The van der Waals surface area contributed by atoms with Gasteiger partial charge in [0, 0.05) is 13.1 Å². The lowest BCUT2D eigenvalue weighted by atomic mass is 9.86. The van der Waals surface area contributed by atoms with E-state index in [9.17, 15) is 0 Å². The Morgan fingerprint density at radius 1 is 1.46 bits per heavy atom. The van der Waals surface area contributed by atoms with Gasteiger partial charge in [-0.25, -0.2) is 0 Å². The van der Waals surface area contributed by atoms with Crippen LogP contribution >= 0.6 is 0 Å². The maximum Gasteiger partial charge on any atom is 0.0208 e. The number of fused-ring (bicyclic) bond motifs is 1. The highest BCUT2D eigenvalue weighted by Gasteiger charge is 2.19. The highest BCUT2D eigenvalue weighted by molar-refractivity contribution is 5.39. The molecule has 1 N–H and O–H groups in total. The van der Waals surface area contributed by atoms with Crippen molar-refractivity contribution in [3.8, 4) is 0 Å². The molecule has 0 aliphatic carbocycles. The Balaban J connectivity index is 2.47. The zero-order valence-electron chi connectivity index (χ0n) is 8.43. The maximum atomic E-state index is 3.47. The van der Waals surface area contributed by atoms with Gasteiger partial charge in [0.25, 0.3) is 0 Å². The molecule has 0 saturated heterocycles. The molecule has 1 aromatic rings. The third-order valence-electron chi connectivity index (χ3n) is 3.02. The van der Waals surface area contributed by atoms with Gasteiger partial charge in [-0.3, -0.25) is 0 Å². The van der Waals surface area contributed by atoms with Crippen LogP contribution in [0.15, 0.2) is 18.2 Å². The van der Waals surface area contributed by atoms with Crippen molar-refractivity contribution in [2.45, 2.75) is 32.7 Å². The fourth-order valence-electron chi connectivity index (χ4n) is 2.31. The molecule has 1 aliphatic heterocycles. The number of nitrogens with one attached hydrogen (secondary N) is 1. The summed E-state index contributed by atoms with van der Waals surface area (Å²) in [5.74, 6) is 0.727. The topological polar surface area (TPSA) is 12.0 Å². The summed E-state index contributed by atoms with van der Waals surface area (Å²) in [6.45, 7) is 6.70. The van der Waals surface area contributed by atoms with Crippen LogP contribution in [0.2, 0.25) is 0 Å². The molecule has 0 fully saturated rings. The zero-order chi connectivity index (χ0) is 9.26. The molecule has 0 spiro atoms. The van der Waals surface area contributed by atoms with Gasteiger partial charge < -0.3 is 5.32 Å². The van der Waals surface area contributed by atoms with Crippen molar-refractivity contribution in [1.82, 2.24) is 5.32 Å². The average Bonchev–Trinajstić information content (AvgIpc) is 2.17. The molecule has 0 radical (unpaired) electrons. The molecule has 1 heterocycles. The lowest BCUT2D eigenvalue weighted by molar-refractivity contribution is 0.528. The number of hydrogen-bond donors (Lipinski definition) is 1. The first-order valence-corrected chi connectivity index (χ1v) is 5.12. The molecular weight excluding hydrogens is 158 g/mol. The lowest BCUT2D eigenvalue weighted by Crippen LogP contribution is -2.28. The lowest BCUT2D eigenvalue weighted by Gasteiger charge is -2.27. The normalized spacial score (nSPS) is 21.2. The monoisotopic (exact) mass is 175 g/mol. The summed E-state index contributed by atoms with van der Waals surface area (Å²) in [6, 6.07) is 6.64. The van der Waals surface area contributed by atoms with Crippen molar-refractivity contribution in [2.75, 3.05) is 6.54 Å². The summed E-state index contributed by atoms with van der Waals surface area (Å²) in [5, 5.41) is 3.47. The first kappa shape index (κ1) is 8.76. The van der Waals surface area contributed by atoms with Crippen LogP contribution in [-0.2, 0) is 6.54 Å². The highest BCUT2D eigenvalue weighted by atomic mass is 14.9. The van der Waals surface area contributed by atoms with E-state index in [1.807, 2.05) is 0 Å². The summed E-state index contributed by atoms with van der Waals surface area (Å²) in [5.41, 5.74) is 4.56. The van der Waals surface area contributed by atoms with E-state index in [2.05, 4.69) is 37.4 Å². The van der Waals surface area contributed by atoms with Crippen LogP contribution in [0.5, 0.6) is 0 Å². The Kier molecular flexibility index (Phi) is 2.36. The number of rotatable bonds is 1. The smallest absolute Gasteiger partial charge is 0.0208 e. The van der Waals surface area contributed by atoms with E-state index < -0.39 is 0 Å². The molecule has 2 rings (SSSR count). The van der Waals surface area contributed by atoms with Crippen molar-refractivity contribution in [3.63, 3.8) is 0 Å². The van der Waals surface area contributed by atoms with Crippen LogP contribution in [0.1, 0.15) is 36.0 Å². The fourth-order valence-corrected chi connectivity index (χ4v) is 2.31. The van der Waals surface area contributed by atoms with Gasteiger partial charge in [0.05, 0.1) is 0 Å². The molecule has 1 aromatic carbocycles. The van der Waals surface area contributed by atoms with E-state index in [1.165, 1.54) is 17.5 Å². The van der Waals surface area contributed by atoms with E-state index >= 15 is 0 Å². The van der Waals surface area contributed by atoms with E-state index in [-0.39, 0.29) is 0 Å². The Labute approximate surface area is 80.2 Å². The third kappa shape index (κ3) is 1.49. The third-order valence-corrected chi connectivity index (χ3v) is 3.02. The number of benzene rings is 1. The van der Waals surface area contributed by atoms with E-state index in [1.54, 1.807) is 5.56 Å². The van der Waals surface area contributed by atoms with Gasteiger partial charge in [-0.2, -0.15) is 0 Å². The summed E-state index contributed by atoms with van der Waals surface area (Å²) < 4.78 is 0. The molecule has 0 amide bonds. The quantitative estimate of drug-likeness (QED) is 0.691.